The van der Waals surface area contributed by atoms with E-state index in [0.717, 1.165) is 25.7 Å². The van der Waals surface area contributed by atoms with Crippen LogP contribution in [0.1, 0.15) is 39.0 Å². The Morgan fingerprint density at radius 2 is 2.17 bits per heavy atom. The van der Waals surface area contributed by atoms with E-state index in [1.54, 1.807) is 0 Å². The minimum atomic E-state index is -0.579. The molecule has 0 radical (unpaired) electrons. The second-order valence-corrected chi connectivity index (χ2v) is 3.14. The third-order valence-electron chi connectivity index (χ3n) is 1.79. The molecule has 1 saturated carbocycles. The van der Waals surface area contributed by atoms with Gasteiger partial charge in [-0.2, -0.15) is 0 Å². The van der Waals surface area contributed by atoms with E-state index in [4.69, 9.17) is 10.5 Å². The zero-order valence-electron chi connectivity index (χ0n) is 7.34. The maximum absolute atomic E-state index is 11.0. The van der Waals surface area contributed by atoms with E-state index in [-0.39, 0.29) is 18.4 Å². The van der Waals surface area contributed by atoms with E-state index in [1.165, 1.54) is 0 Å². The van der Waals surface area contributed by atoms with Crippen molar-refractivity contribution in [2.24, 2.45) is 5.73 Å². The Bertz CT molecular complexity index is 157. The zero-order valence-corrected chi connectivity index (χ0v) is 8.15. The number of hydrogen-bond acceptors (Lipinski definition) is 3. The molecule has 72 valence electrons. The van der Waals surface area contributed by atoms with Crippen molar-refractivity contribution >= 4 is 18.4 Å². The summed E-state index contributed by atoms with van der Waals surface area (Å²) < 4.78 is 4.99. The zero-order chi connectivity index (χ0) is 8.32. The molecule has 3 nitrogen and oxygen atoms in total. The first kappa shape index (κ1) is 11.7. The molecule has 2 N–H and O–H groups in total. The third-order valence-corrected chi connectivity index (χ3v) is 1.79. The van der Waals surface area contributed by atoms with Gasteiger partial charge >= 0.3 is 5.97 Å². The maximum atomic E-state index is 11.0. The van der Waals surface area contributed by atoms with Gasteiger partial charge in [0.25, 0.3) is 0 Å². The molecule has 0 aromatic rings. The summed E-state index contributed by atoms with van der Waals surface area (Å²) in [6.45, 7) is 2.04. The second-order valence-electron chi connectivity index (χ2n) is 3.14. The first-order valence-electron chi connectivity index (χ1n) is 4.17. The fraction of sp³-hybridized carbons (Fsp3) is 0.875. The molecule has 0 heterocycles. The van der Waals surface area contributed by atoms with Crippen LogP contribution in [-0.2, 0) is 9.53 Å². The minimum Gasteiger partial charge on any atom is -0.444 e. The summed E-state index contributed by atoms with van der Waals surface area (Å²) in [5, 5.41) is 0. The predicted molar refractivity (Wildman–Crippen MR) is 49.0 cm³/mol. The van der Waals surface area contributed by atoms with E-state index < -0.39 is 5.72 Å². The smallest absolute Gasteiger partial charge is 0.307 e. The van der Waals surface area contributed by atoms with Gasteiger partial charge in [0.1, 0.15) is 0 Å². The average Bonchev–Trinajstić information content (AvgIpc) is 2.63. The highest BCUT2D eigenvalue weighted by molar-refractivity contribution is 5.85. The van der Waals surface area contributed by atoms with Crippen LogP contribution in [0, 0.1) is 0 Å². The molecule has 0 spiro atoms. The molecule has 0 saturated heterocycles. The van der Waals surface area contributed by atoms with Crippen LogP contribution >= 0.6 is 12.4 Å². The SMILES string of the molecule is CCCCC(=O)OC1(N)CC1.Cl. The van der Waals surface area contributed by atoms with Gasteiger partial charge in [-0.25, -0.2) is 0 Å². The molecular formula is C8H16ClNO2. The van der Waals surface area contributed by atoms with Gasteiger partial charge < -0.3 is 4.74 Å². The average molecular weight is 194 g/mol. The molecule has 0 aromatic heterocycles. The van der Waals surface area contributed by atoms with E-state index >= 15 is 0 Å². The molecular weight excluding hydrogens is 178 g/mol. The van der Waals surface area contributed by atoms with Crippen LogP contribution in [-0.4, -0.2) is 11.7 Å². The van der Waals surface area contributed by atoms with Gasteiger partial charge in [-0.3, -0.25) is 10.5 Å². The molecule has 0 bridgehead atoms. The van der Waals surface area contributed by atoms with E-state index in [1.807, 2.05) is 6.92 Å². The lowest BCUT2D eigenvalue weighted by molar-refractivity contribution is -0.150. The lowest BCUT2D eigenvalue weighted by Crippen LogP contribution is -2.28. The lowest BCUT2D eigenvalue weighted by atomic mass is 10.2. The summed E-state index contributed by atoms with van der Waals surface area (Å²) in [6, 6.07) is 0. The second kappa shape index (κ2) is 4.67. The van der Waals surface area contributed by atoms with Gasteiger partial charge in [-0.1, -0.05) is 13.3 Å². The van der Waals surface area contributed by atoms with Gasteiger partial charge in [0.2, 0.25) is 0 Å². The monoisotopic (exact) mass is 193 g/mol. The number of nitrogens with two attached hydrogens (primary N) is 1. The van der Waals surface area contributed by atoms with E-state index in [9.17, 15) is 4.79 Å². The number of esters is 1. The molecule has 1 aliphatic carbocycles. The summed E-state index contributed by atoms with van der Waals surface area (Å²) >= 11 is 0. The van der Waals surface area contributed by atoms with Crippen molar-refractivity contribution in [1.82, 2.24) is 0 Å². The molecule has 1 rings (SSSR count). The Morgan fingerprint density at radius 1 is 1.58 bits per heavy atom. The van der Waals surface area contributed by atoms with Gasteiger partial charge in [-0.15, -0.1) is 12.4 Å². The molecule has 1 fully saturated rings. The van der Waals surface area contributed by atoms with Crippen molar-refractivity contribution in [2.45, 2.75) is 44.8 Å². The Labute approximate surface area is 79.1 Å². The summed E-state index contributed by atoms with van der Waals surface area (Å²) in [6.07, 6.45) is 4.08. The summed E-state index contributed by atoms with van der Waals surface area (Å²) in [5.41, 5.74) is 5.00. The highest BCUT2D eigenvalue weighted by atomic mass is 35.5. The Hall–Kier alpha value is -0.280. The number of carbonyl (C=O) groups is 1. The van der Waals surface area contributed by atoms with Crippen LogP contribution < -0.4 is 5.73 Å². The van der Waals surface area contributed by atoms with Crippen LogP contribution in [0.3, 0.4) is 0 Å². The largest absolute Gasteiger partial charge is 0.444 e. The molecule has 0 unspecified atom stereocenters. The van der Waals surface area contributed by atoms with Crippen molar-refractivity contribution in [3.05, 3.63) is 0 Å². The first-order valence-corrected chi connectivity index (χ1v) is 4.17. The standard InChI is InChI=1S/C8H15NO2.ClH/c1-2-3-4-7(10)11-8(9)5-6-8;/h2-6,9H2,1H3;1H. The van der Waals surface area contributed by atoms with Gasteiger partial charge in [-0.05, 0) is 6.42 Å². The highest BCUT2D eigenvalue weighted by Crippen LogP contribution is 2.33. The summed E-state index contributed by atoms with van der Waals surface area (Å²) in [7, 11) is 0. The van der Waals surface area contributed by atoms with Gasteiger partial charge in [0.15, 0.2) is 5.72 Å². The number of rotatable bonds is 4. The topological polar surface area (TPSA) is 52.3 Å². The fourth-order valence-corrected chi connectivity index (χ4v) is 0.824. The Kier molecular flexibility index (Phi) is 4.57. The Balaban J connectivity index is 0.00000121. The van der Waals surface area contributed by atoms with Crippen molar-refractivity contribution in [3.63, 3.8) is 0 Å². The van der Waals surface area contributed by atoms with Crippen LogP contribution in [0.15, 0.2) is 0 Å². The van der Waals surface area contributed by atoms with Crippen molar-refractivity contribution in [2.75, 3.05) is 0 Å². The van der Waals surface area contributed by atoms with Crippen LogP contribution in [0.2, 0.25) is 0 Å². The first-order chi connectivity index (χ1) is 5.16. The minimum absolute atomic E-state index is 0. The number of ether oxygens (including phenoxy) is 1. The van der Waals surface area contributed by atoms with Crippen LogP contribution in [0.25, 0.3) is 0 Å². The fourth-order valence-electron chi connectivity index (χ4n) is 0.824. The molecule has 0 aromatic carbocycles. The summed E-state index contributed by atoms with van der Waals surface area (Å²) in [5.74, 6) is -0.146. The van der Waals surface area contributed by atoms with E-state index in [2.05, 4.69) is 0 Å². The normalized spacial score (nSPS) is 17.8. The Morgan fingerprint density at radius 3 is 2.58 bits per heavy atom. The molecule has 0 atom stereocenters. The number of carbonyl (C=O) groups excluding carboxylic acids is 1. The highest BCUT2D eigenvalue weighted by Gasteiger charge is 2.42. The maximum Gasteiger partial charge on any atom is 0.307 e. The van der Waals surface area contributed by atoms with Crippen molar-refractivity contribution < 1.29 is 9.53 Å². The molecule has 12 heavy (non-hydrogen) atoms. The predicted octanol–water partition coefficient (Wildman–Crippen LogP) is 1.59. The third kappa shape index (κ3) is 3.93. The van der Waals surface area contributed by atoms with Gasteiger partial charge in [0, 0.05) is 19.3 Å². The molecule has 1 aliphatic rings. The van der Waals surface area contributed by atoms with Crippen LogP contribution in [0.5, 0.6) is 0 Å². The van der Waals surface area contributed by atoms with Crippen molar-refractivity contribution in [3.8, 4) is 0 Å². The molecule has 0 amide bonds. The van der Waals surface area contributed by atoms with Crippen LogP contribution in [0.4, 0.5) is 0 Å². The number of hydrogen-bond donors (Lipinski definition) is 1. The molecule has 4 heteroatoms. The molecule has 0 aliphatic heterocycles. The lowest BCUT2D eigenvalue weighted by Gasteiger charge is -2.09. The summed E-state index contributed by atoms with van der Waals surface area (Å²) in [4.78, 5) is 11.0. The van der Waals surface area contributed by atoms with Gasteiger partial charge in [0.05, 0.1) is 0 Å². The number of unbranched alkanes of at least 4 members (excludes halogenated alkanes) is 1. The van der Waals surface area contributed by atoms with Crippen molar-refractivity contribution in [1.29, 1.82) is 0 Å². The quantitative estimate of drug-likeness (QED) is 0.545. The number of halogens is 1. The van der Waals surface area contributed by atoms with E-state index in [0.29, 0.717) is 6.42 Å².